The molecule has 1 unspecified atom stereocenters. The average Bonchev–Trinajstić information content (AvgIpc) is 2.10. The molecule has 1 nitrogen and oxygen atoms in total. The maximum atomic E-state index is 12.4. The van der Waals surface area contributed by atoms with Crippen LogP contribution < -0.4 is 0 Å². The number of aromatic nitrogens is 1. The first kappa shape index (κ1) is 10.1. The van der Waals surface area contributed by atoms with Crippen molar-refractivity contribution < 1.29 is 4.39 Å². The number of alkyl halides is 1. The maximum Gasteiger partial charge on any atom is 0.139 e. The third kappa shape index (κ3) is 3.71. The molecular formula is C9H14FN. The molecule has 0 amide bonds. The van der Waals surface area contributed by atoms with Gasteiger partial charge in [0.2, 0.25) is 0 Å². The summed E-state index contributed by atoms with van der Waals surface area (Å²) in [6, 6.07) is 5.22. The van der Waals surface area contributed by atoms with Crippen molar-refractivity contribution in [3.63, 3.8) is 0 Å². The van der Waals surface area contributed by atoms with Gasteiger partial charge >= 0.3 is 0 Å². The second-order valence-electron chi connectivity index (χ2n) is 1.87. The summed E-state index contributed by atoms with van der Waals surface area (Å²) in [6.07, 6.45) is 0.636. The number of hydrogen-bond acceptors (Lipinski definition) is 1. The van der Waals surface area contributed by atoms with Crippen LogP contribution >= 0.6 is 0 Å². The Labute approximate surface area is 67.3 Å². The van der Waals surface area contributed by atoms with Crippen molar-refractivity contribution in [1.29, 1.82) is 0 Å². The van der Waals surface area contributed by atoms with E-state index in [4.69, 9.17) is 0 Å². The van der Waals surface area contributed by atoms with Gasteiger partial charge in [0, 0.05) is 6.20 Å². The lowest BCUT2D eigenvalue weighted by Crippen LogP contribution is -1.87. The van der Waals surface area contributed by atoms with E-state index >= 15 is 0 Å². The average molecular weight is 155 g/mol. The van der Waals surface area contributed by atoms with Gasteiger partial charge in [0.25, 0.3) is 0 Å². The van der Waals surface area contributed by atoms with E-state index in [1.165, 1.54) is 6.92 Å². The summed E-state index contributed by atoms with van der Waals surface area (Å²) >= 11 is 0. The summed E-state index contributed by atoms with van der Waals surface area (Å²) in [5.41, 5.74) is 0.498. The van der Waals surface area contributed by atoms with Crippen LogP contribution in [0.4, 0.5) is 4.39 Å². The molecule has 0 saturated carbocycles. The highest BCUT2D eigenvalue weighted by Crippen LogP contribution is 2.10. The third-order valence-corrected chi connectivity index (χ3v) is 1.10. The van der Waals surface area contributed by atoms with E-state index in [0.29, 0.717) is 5.69 Å². The molecule has 0 saturated heterocycles. The first-order chi connectivity index (χ1) is 5.30. The van der Waals surface area contributed by atoms with Crippen molar-refractivity contribution in [1.82, 2.24) is 4.98 Å². The van der Waals surface area contributed by atoms with Gasteiger partial charge in [0.1, 0.15) is 6.17 Å². The maximum absolute atomic E-state index is 12.4. The Bertz CT molecular complexity index is 172. The lowest BCUT2D eigenvalue weighted by molar-refractivity contribution is 0.366. The fourth-order valence-electron chi connectivity index (χ4n) is 0.611. The Balaban J connectivity index is 0.000000461. The molecule has 1 heterocycles. The summed E-state index contributed by atoms with van der Waals surface area (Å²) in [6.45, 7) is 5.47. The Morgan fingerprint density at radius 2 is 2.00 bits per heavy atom. The minimum atomic E-state index is -0.953. The highest BCUT2D eigenvalue weighted by molar-refractivity contribution is 5.05. The Kier molecular flexibility index (Phi) is 5.35. The fraction of sp³-hybridized carbons (Fsp3) is 0.444. The van der Waals surface area contributed by atoms with Crippen LogP contribution in [0.1, 0.15) is 32.6 Å². The molecule has 62 valence electrons. The molecule has 0 aliphatic heterocycles. The molecule has 0 N–H and O–H groups in total. The number of rotatable bonds is 1. The molecule has 0 aliphatic rings. The van der Waals surface area contributed by atoms with Crippen molar-refractivity contribution in [3.8, 4) is 0 Å². The predicted molar refractivity (Wildman–Crippen MR) is 45.1 cm³/mol. The van der Waals surface area contributed by atoms with E-state index in [9.17, 15) is 4.39 Å². The predicted octanol–water partition coefficient (Wildman–Crippen LogP) is 3.14. The molecule has 0 aliphatic carbocycles. The lowest BCUT2D eigenvalue weighted by atomic mass is 10.3. The smallest absolute Gasteiger partial charge is 0.139 e. The Morgan fingerprint density at radius 1 is 1.36 bits per heavy atom. The monoisotopic (exact) mass is 155 g/mol. The summed E-state index contributed by atoms with van der Waals surface area (Å²) in [4.78, 5) is 3.80. The van der Waals surface area contributed by atoms with E-state index in [-0.39, 0.29) is 0 Å². The summed E-state index contributed by atoms with van der Waals surface area (Å²) in [7, 11) is 0. The SMILES string of the molecule is CC.CC(F)c1ccccn1. The van der Waals surface area contributed by atoms with Gasteiger partial charge in [-0.1, -0.05) is 19.9 Å². The quantitative estimate of drug-likeness (QED) is 0.607. The number of nitrogens with zero attached hydrogens (tertiary/aromatic N) is 1. The fourth-order valence-corrected chi connectivity index (χ4v) is 0.611. The zero-order valence-electron chi connectivity index (χ0n) is 7.21. The van der Waals surface area contributed by atoms with Crippen LogP contribution in [0.2, 0.25) is 0 Å². The van der Waals surface area contributed by atoms with Gasteiger partial charge in [0.05, 0.1) is 5.69 Å². The first-order valence-electron chi connectivity index (χ1n) is 3.85. The second-order valence-corrected chi connectivity index (χ2v) is 1.87. The summed E-state index contributed by atoms with van der Waals surface area (Å²) in [5.74, 6) is 0. The topological polar surface area (TPSA) is 12.9 Å². The van der Waals surface area contributed by atoms with E-state index in [0.717, 1.165) is 0 Å². The Morgan fingerprint density at radius 3 is 2.27 bits per heavy atom. The van der Waals surface area contributed by atoms with Gasteiger partial charge in [-0.05, 0) is 19.1 Å². The van der Waals surface area contributed by atoms with E-state index in [2.05, 4.69) is 4.98 Å². The molecule has 11 heavy (non-hydrogen) atoms. The molecule has 1 aromatic rings. The van der Waals surface area contributed by atoms with Crippen molar-refractivity contribution in [2.24, 2.45) is 0 Å². The minimum Gasteiger partial charge on any atom is -0.258 e. The van der Waals surface area contributed by atoms with E-state index in [1.807, 2.05) is 13.8 Å². The minimum absolute atomic E-state index is 0.498. The van der Waals surface area contributed by atoms with Crippen molar-refractivity contribution in [2.75, 3.05) is 0 Å². The molecule has 0 spiro atoms. The second kappa shape index (κ2) is 5.83. The largest absolute Gasteiger partial charge is 0.258 e. The molecular weight excluding hydrogens is 141 g/mol. The lowest BCUT2D eigenvalue weighted by Gasteiger charge is -1.96. The molecule has 2 heteroatoms. The summed E-state index contributed by atoms with van der Waals surface area (Å²) in [5, 5.41) is 0. The van der Waals surface area contributed by atoms with Gasteiger partial charge in [-0.15, -0.1) is 0 Å². The van der Waals surface area contributed by atoms with Crippen LogP contribution in [-0.2, 0) is 0 Å². The van der Waals surface area contributed by atoms with Gasteiger partial charge in [-0.2, -0.15) is 0 Å². The van der Waals surface area contributed by atoms with Crippen molar-refractivity contribution in [2.45, 2.75) is 26.9 Å². The Hall–Kier alpha value is -0.920. The van der Waals surface area contributed by atoms with Gasteiger partial charge < -0.3 is 0 Å². The first-order valence-corrected chi connectivity index (χ1v) is 3.85. The molecule has 1 aromatic heterocycles. The van der Waals surface area contributed by atoms with Crippen LogP contribution in [-0.4, -0.2) is 4.98 Å². The van der Waals surface area contributed by atoms with Crippen LogP contribution in [0.15, 0.2) is 24.4 Å². The highest BCUT2D eigenvalue weighted by Gasteiger charge is 1.99. The number of hydrogen-bond donors (Lipinski definition) is 0. The van der Waals surface area contributed by atoms with E-state index < -0.39 is 6.17 Å². The molecule has 0 aromatic carbocycles. The molecule has 0 radical (unpaired) electrons. The zero-order valence-corrected chi connectivity index (χ0v) is 7.21. The molecule has 1 atom stereocenters. The van der Waals surface area contributed by atoms with E-state index in [1.54, 1.807) is 24.4 Å². The molecule has 0 bridgehead atoms. The van der Waals surface area contributed by atoms with Gasteiger partial charge in [0.15, 0.2) is 0 Å². The van der Waals surface area contributed by atoms with Crippen molar-refractivity contribution in [3.05, 3.63) is 30.1 Å². The van der Waals surface area contributed by atoms with Gasteiger partial charge in [-0.3, -0.25) is 4.98 Å². The normalized spacial score (nSPS) is 11.3. The van der Waals surface area contributed by atoms with Gasteiger partial charge in [-0.25, -0.2) is 4.39 Å². The molecule has 1 rings (SSSR count). The van der Waals surface area contributed by atoms with Crippen LogP contribution in [0.5, 0.6) is 0 Å². The summed E-state index contributed by atoms with van der Waals surface area (Å²) < 4.78 is 12.4. The van der Waals surface area contributed by atoms with Crippen LogP contribution in [0.25, 0.3) is 0 Å². The highest BCUT2D eigenvalue weighted by atomic mass is 19.1. The number of halogens is 1. The van der Waals surface area contributed by atoms with Crippen LogP contribution in [0, 0.1) is 0 Å². The third-order valence-electron chi connectivity index (χ3n) is 1.10. The van der Waals surface area contributed by atoms with Crippen LogP contribution in [0.3, 0.4) is 0 Å². The standard InChI is InChI=1S/C7H8FN.C2H6/c1-6(8)7-4-2-3-5-9-7;1-2/h2-6H,1H3;1-2H3. The molecule has 0 fully saturated rings. The number of pyridine rings is 1. The van der Waals surface area contributed by atoms with Crippen molar-refractivity contribution >= 4 is 0 Å². The zero-order chi connectivity index (χ0) is 8.69.